The largest absolute Gasteiger partial charge is 0.463 e. The summed E-state index contributed by atoms with van der Waals surface area (Å²) in [5.74, 6) is 0.367. The van der Waals surface area contributed by atoms with Gasteiger partial charge in [-0.25, -0.2) is 9.59 Å². The molecule has 1 atom stereocenters. The van der Waals surface area contributed by atoms with Crippen LogP contribution in [-0.4, -0.2) is 49.7 Å². The molecule has 0 aromatic carbocycles. The van der Waals surface area contributed by atoms with Gasteiger partial charge < -0.3 is 15.4 Å². The number of ether oxygens (including phenoxy) is 1. The van der Waals surface area contributed by atoms with E-state index in [0.29, 0.717) is 30.3 Å². The molecule has 2 aliphatic heterocycles. The van der Waals surface area contributed by atoms with Crippen molar-refractivity contribution in [2.45, 2.75) is 33.1 Å². The van der Waals surface area contributed by atoms with E-state index in [4.69, 9.17) is 4.74 Å². The fourth-order valence-corrected chi connectivity index (χ4v) is 2.93. The second-order valence-electron chi connectivity index (χ2n) is 5.64. The van der Waals surface area contributed by atoms with E-state index >= 15 is 0 Å². The molecule has 0 aliphatic carbocycles. The van der Waals surface area contributed by atoms with Gasteiger partial charge in [-0.1, -0.05) is 13.3 Å². The minimum absolute atomic E-state index is 0.241. The summed E-state index contributed by atoms with van der Waals surface area (Å²) in [5.41, 5.74) is 1.23. The molecule has 1 saturated heterocycles. The molecule has 6 nitrogen and oxygen atoms in total. The average Bonchev–Trinajstić information content (AvgIpc) is 2.48. The van der Waals surface area contributed by atoms with Gasteiger partial charge in [-0.15, -0.1) is 0 Å². The van der Waals surface area contributed by atoms with Crippen LogP contribution < -0.4 is 10.6 Å². The van der Waals surface area contributed by atoms with Crippen molar-refractivity contribution in [2.75, 3.05) is 32.8 Å². The van der Waals surface area contributed by atoms with E-state index in [-0.39, 0.29) is 18.5 Å². The van der Waals surface area contributed by atoms with E-state index in [2.05, 4.69) is 22.5 Å². The Hall–Kier alpha value is -1.56. The van der Waals surface area contributed by atoms with Crippen LogP contribution >= 0.6 is 0 Å². The Morgan fingerprint density at radius 1 is 1.43 bits per heavy atom. The lowest BCUT2D eigenvalue weighted by Crippen LogP contribution is -2.48. The van der Waals surface area contributed by atoms with E-state index in [1.54, 1.807) is 6.92 Å². The molecule has 0 aromatic heterocycles. The molecule has 2 aliphatic rings. The lowest BCUT2D eigenvalue weighted by molar-refractivity contribution is -0.138. The maximum absolute atomic E-state index is 12.0. The highest BCUT2D eigenvalue weighted by Crippen LogP contribution is 2.20. The second kappa shape index (κ2) is 7.45. The van der Waals surface area contributed by atoms with E-state index in [1.165, 1.54) is 19.3 Å². The Bertz CT molecular complexity index is 434. The third kappa shape index (κ3) is 4.20. The highest BCUT2D eigenvalue weighted by Gasteiger charge is 2.26. The monoisotopic (exact) mass is 295 g/mol. The van der Waals surface area contributed by atoms with Gasteiger partial charge in [0.05, 0.1) is 18.7 Å². The lowest BCUT2D eigenvalue weighted by atomic mass is 9.95. The number of urea groups is 1. The molecular weight excluding hydrogens is 270 g/mol. The number of hydrogen-bond acceptors (Lipinski definition) is 4. The molecule has 0 bridgehead atoms. The molecule has 6 heteroatoms. The zero-order valence-electron chi connectivity index (χ0n) is 12.9. The topological polar surface area (TPSA) is 70.7 Å². The molecule has 2 rings (SSSR count). The molecule has 21 heavy (non-hydrogen) atoms. The number of nitrogens with zero attached hydrogens (tertiary/aromatic N) is 1. The van der Waals surface area contributed by atoms with Gasteiger partial charge in [0.15, 0.2) is 0 Å². The Morgan fingerprint density at radius 3 is 2.95 bits per heavy atom. The van der Waals surface area contributed by atoms with Crippen molar-refractivity contribution in [3.8, 4) is 0 Å². The number of carbonyl (C=O) groups excluding carboxylic acids is 2. The first-order valence-corrected chi connectivity index (χ1v) is 7.80. The van der Waals surface area contributed by atoms with Crippen LogP contribution in [0.15, 0.2) is 11.3 Å². The van der Waals surface area contributed by atoms with Crippen LogP contribution in [0.1, 0.15) is 33.1 Å². The van der Waals surface area contributed by atoms with Crippen molar-refractivity contribution in [1.29, 1.82) is 0 Å². The van der Waals surface area contributed by atoms with Gasteiger partial charge in [-0.3, -0.25) is 4.90 Å². The summed E-state index contributed by atoms with van der Waals surface area (Å²) in [6, 6.07) is -0.248. The Kier molecular flexibility index (Phi) is 5.61. The molecule has 0 radical (unpaired) electrons. The highest BCUT2D eigenvalue weighted by molar-refractivity contribution is 5.93. The smallest absolute Gasteiger partial charge is 0.337 e. The molecule has 0 saturated carbocycles. The molecule has 2 amide bonds. The maximum Gasteiger partial charge on any atom is 0.337 e. The first-order valence-electron chi connectivity index (χ1n) is 7.80. The molecule has 0 unspecified atom stereocenters. The second-order valence-corrected chi connectivity index (χ2v) is 5.64. The van der Waals surface area contributed by atoms with Gasteiger partial charge in [0.1, 0.15) is 0 Å². The fourth-order valence-electron chi connectivity index (χ4n) is 2.93. The molecule has 0 spiro atoms. The third-order valence-corrected chi connectivity index (χ3v) is 4.14. The predicted octanol–water partition coefficient (Wildman–Crippen LogP) is 1.24. The summed E-state index contributed by atoms with van der Waals surface area (Å²) in [7, 11) is 0. The van der Waals surface area contributed by atoms with Crippen molar-refractivity contribution < 1.29 is 14.3 Å². The molecule has 2 N–H and O–H groups in total. The van der Waals surface area contributed by atoms with Crippen molar-refractivity contribution in [2.24, 2.45) is 5.92 Å². The lowest BCUT2D eigenvalue weighted by Gasteiger charge is -2.34. The number of hydrogen-bond donors (Lipinski definition) is 2. The van der Waals surface area contributed by atoms with Crippen LogP contribution in [0, 0.1) is 5.92 Å². The summed E-state index contributed by atoms with van der Waals surface area (Å²) in [4.78, 5) is 25.8. The van der Waals surface area contributed by atoms with Gasteiger partial charge in [-0.2, -0.15) is 0 Å². The Balaban J connectivity index is 2.08. The van der Waals surface area contributed by atoms with Gasteiger partial charge in [0.2, 0.25) is 0 Å². The number of rotatable bonds is 5. The van der Waals surface area contributed by atoms with Crippen LogP contribution in [0.5, 0.6) is 0 Å². The van der Waals surface area contributed by atoms with E-state index in [9.17, 15) is 9.59 Å². The normalized spacial score (nSPS) is 23.5. The summed E-state index contributed by atoms with van der Waals surface area (Å²) in [6.07, 6.45) is 3.62. The summed E-state index contributed by atoms with van der Waals surface area (Å²) < 4.78 is 5.07. The van der Waals surface area contributed by atoms with Crippen molar-refractivity contribution in [1.82, 2.24) is 15.5 Å². The zero-order chi connectivity index (χ0) is 15.2. The summed E-state index contributed by atoms with van der Waals surface area (Å²) in [5, 5.41) is 5.40. The third-order valence-electron chi connectivity index (χ3n) is 4.14. The number of nitrogens with one attached hydrogen (secondary N) is 2. The Labute approximate surface area is 125 Å². The summed E-state index contributed by atoms with van der Waals surface area (Å²) >= 11 is 0. The number of esters is 1. The predicted molar refractivity (Wildman–Crippen MR) is 79.6 cm³/mol. The average molecular weight is 295 g/mol. The molecule has 118 valence electrons. The standard InChI is InChI=1S/C15H25N3O3/c1-3-11-6-5-7-18(9-11)10-13-12(14(19)21-4-2)8-16-15(20)17-13/h11H,3-10H2,1-2H3,(H2,16,17,20)/t11-/m0/s1. The van der Waals surface area contributed by atoms with E-state index in [1.807, 2.05) is 0 Å². The number of piperidine rings is 1. The summed E-state index contributed by atoms with van der Waals surface area (Å²) in [6.45, 7) is 7.22. The number of carbonyl (C=O) groups is 2. The van der Waals surface area contributed by atoms with Crippen LogP contribution in [-0.2, 0) is 9.53 Å². The zero-order valence-corrected chi connectivity index (χ0v) is 12.9. The van der Waals surface area contributed by atoms with Crippen LogP contribution in [0.4, 0.5) is 4.79 Å². The van der Waals surface area contributed by atoms with Crippen molar-refractivity contribution >= 4 is 12.0 Å². The minimum Gasteiger partial charge on any atom is -0.463 e. The van der Waals surface area contributed by atoms with Gasteiger partial charge >= 0.3 is 12.0 Å². The van der Waals surface area contributed by atoms with Crippen LogP contribution in [0.25, 0.3) is 0 Å². The SMILES string of the molecule is CCOC(=O)C1=C(CN2CCC[C@H](CC)C2)NC(=O)NC1. The van der Waals surface area contributed by atoms with Gasteiger partial charge in [0, 0.05) is 18.8 Å². The number of amides is 2. The van der Waals surface area contributed by atoms with Crippen LogP contribution in [0.3, 0.4) is 0 Å². The first-order chi connectivity index (χ1) is 10.1. The van der Waals surface area contributed by atoms with Gasteiger partial charge in [-0.05, 0) is 32.2 Å². The molecular formula is C15H25N3O3. The van der Waals surface area contributed by atoms with Crippen molar-refractivity contribution in [3.05, 3.63) is 11.3 Å². The number of likely N-dealkylation sites (tertiary alicyclic amines) is 1. The van der Waals surface area contributed by atoms with Gasteiger partial charge in [0.25, 0.3) is 0 Å². The minimum atomic E-state index is -0.343. The highest BCUT2D eigenvalue weighted by atomic mass is 16.5. The maximum atomic E-state index is 12.0. The van der Waals surface area contributed by atoms with Crippen LogP contribution in [0.2, 0.25) is 0 Å². The first kappa shape index (κ1) is 15.8. The van der Waals surface area contributed by atoms with E-state index < -0.39 is 0 Å². The molecule has 2 heterocycles. The van der Waals surface area contributed by atoms with Crippen molar-refractivity contribution in [3.63, 3.8) is 0 Å². The van der Waals surface area contributed by atoms with E-state index in [0.717, 1.165) is 13.1 Å². The Morgan fingerprint density at radius 2 is 2.24 bits per heavy atom. The molecule has 1 fully saturated rings. The quantitative estimate of drug-likeness (QED) is 0.749. The molecule has 0 aromatic rings. The fraction of sp³-hybridized carbons (Fsp3) is 0.733.